The summed E-state index contributed by atoms with van der Waals surface area (Å²) in [5.74, 6) is -0.584. The molecule has 0 aliphatic heterocycles. The van der Waals surface area contributed by atoms with Crippen molar-refractivity contribution in [3.8, 4) is 5.75 Å². The van der Waals surface area contributed by atoms with Crippen molar-refractivity contribution in [2.45, 2.75) is 0 Å². The third-order valence-electron chi connectivity index (χ3n) is 1.74. The Kier molecular flexibility index (Phi) is 3.56. The zero-order valence-electron chi connectivity index (χ0n) is 8.01. The fourth-order valence-electron chi connectivity index (χ4n) is 1.03. The zero-order valence-corrected chi connectivity index (χ0v) is 8.01. The van der Waals surface area contributed by atoms with Crippen LogP contribution in [0.15, 0.2) is 29.5 Å². The van der Waals surface area contributed by atoms with Gasteiger partial charge in [-0.3, -0.25) is 0 Å². The average Bonchev–Trinajstić information content (AvgIpc) is 2.25. The first-order valence-electron chi connectivity index (χ1n) is 4.10. The largest absolute Gasteiger partial charge is 0.497 e. The highest BCUT2D eigenvalue weighted by molar-refractivity contribution is 5.86. The van der Waals surface area contributed by atoms with Crippen molar-refractivity contribution >= 4 is 17.7 Å². The third kappa shape index (κ3) is 2.91. The minimum Gasteiger partial charge on any atom is -0.497 e. The molecule has 0 saturated carbocycles. The summed E-state index contributed by atoms with van der Waals surface area (Å²) in [5, 5.41) is 11.2. The van der Waals surface area contributed by atoms with E-state index >= 15 is 0 Å². The van der Waals surface area contributed by atoms with Crippen molar-refractivity contribution in [3.63, 3.8) is 0 Å². The van der Waals surface area contributed by atoms with E-state index in [0.29, 0.717) is 11.3 Å². The first-order chi connectivity index (χ1) is 7.17. The van der Waals surface area contributed by atoms with Crippen molar-refractivity contribution in [1.29, 1.82) is 0 Å². The van der Waals surface area contributed by atoms with Gasteiger partial charge in [-0.2, -0.15) is 0 Å². The summed E-state index contributed by atoms with van der Waals surface area (Å²) in [6, 6.07) is 4.62. The molecule has 0 unspecified atom stereocenters. The Hall–Kier alpha value is -2.17. The SMILES string of the molecule is COc1ccc(/C=C/C(=O)O)c(N=O)c1. The Morgan fingerprint density at radius 1 is 1.53 bits per heavy atom. The molecule has 0 bridgehead atoms. The van der Waals surface area contributed by atoms with Gasteiger partial charge in [0.1, 0.15) is 11.4 Å². The molecule has 0 aromatic heterocycles. The molecule has 1 aromatic rings. The van der Waals surface area contributed by atoms with Crippen molar-refractivity contribution in [2.75, 3.05) is 7.11 Å². The number of nitroso groups, excluding NO2 is 1. The van der Waals surface area contributed by atoms with Crippen molar-refractivity contribution in [2.24, 2.45) is 5.18 Å². The highest BCUT2D eigenvalue weighted by Gasteiger charge is 2.02. The van der Waals surface area contributed by atoms with Crippen LogP contribution in [-0.4, -0.2) is 18.2 Å². The van der Waals surface area contributed by atoms with Gasteiger partial charge in [0.2, 0.25) is 0 Å². The van der Waals surface area contributed by atoms with Gasteiger partial charge in [-0.1, -0.05) is 0 Å². The van der Waals surface area contributed by atoms with Crippen LogP contribution >= 0.6 is 0 Å². The molecule has 5 nitrogen and oxygen atoms in total. The number of methoxy groups -OCH3 is 1. The van der Waals surface area contributed by atoms with Crippen molar-refractivity contribution < 1.29 is 14.6 Å². The Bertz CT molecular complexity index is 412. The summed E-state index contributed by atoms with van der Waals surface area (Å²) >= 11 is 0. The molecular formula is C10H9NO4. The summed E-state index contributed by atoms with van der Waals surface area (Å²) in [5.41, 5.74) is 0.583. The number of nitrogens with zero attached hydrogens (tertiary/aromatic N) is 1. The Morgan fingerprint density at radius 3 is 2.80 bits per heavy atom. The molecule has 5 heteroatoms. The molecule has 0 heterocycles. The van der Waals surface area contributed by atoms with Crippen LogP contribution in [-0.2, 0) is 4.79 Å². The van der Waals surface area contributed by atoms with Gasteiger partial charge in [0.25, 0.3) is 0 Å². The molecule has 0 aliphatic carbocycles. The fourth-order valence-corrected chi connectivity index (χ4v) is 1.03. The van der Waals surface area contributed by atoms with Gasteiger partial charge >= 0.3 is 5.97 Å². The summed E-state index contributed by atoms with van der Waals surface area (Å²) < 4.78 is 4.90. The van der Waals surface area contributed by atoms with Gasteiger partial charge in [0.05, 0.1) is 7.11 Å². The lowest BCUT2D eigenvalue weighted by atomic mass is 10.1. The first kappa shape index (κ1) is 10.9. The molecule has 0 radical (unpaired) electrons. The van der Waals surface area contributed by atoms with Gasteiger partial charge in [-0.25, -0.2) is 4.79 Å². The van der Waals surface area contributed by atoms with Crippen LogP contribution in [0.1, 0.15) is 5.56 Å². The number of aliphatic carboxylic acids is 1. The maximum atomic E-state index is 10.5. The monoisotopic (exact) mass is 207 g/mol. The van der Waals surface area contributed by atoms with E-state index in [1.807, 2.05) is 0 Å². The van der Waals surface area contributed by atoms with Crippen molar-refractivity contribution in [1.82, 2.24) is 0 Å². The number of ether oxygens (including phenoxy) is 1. The number of carboxylic acids is 1. The van der Waals surface area contributed by atoms with E-state index < -0.39 is 5.97 Å². The van der Waals surface area contributed by atoms with E-state index in [2.05, 4.69) is 5.18 Å². The van der Waals surface area contributed by atoms with E-state index in [1.165, 1.54) is 19.3 Å². The van der Waals surface area contributed by atoms with Gasteiger partial charge in [-0.05, 0) is 23.4 Å². The predicted molar refractivity (Wildman–Crippen MR) is 55.1 cm³/mol. The standard InChI is InChI=1S/C10H9NO4/c1-15-8-4-2-7(3-5-10(12)13)9(6-8)11-14/h2-6H,1H3,(H,12,13)/b5-3+. The number of hydrogen-bond donors (Lipinski definition) is 1. The van der Waals surface area contributed by atoms with Gasteiger partial charge in [0.15, 0.2) is 0 Å². The second kappa shape index (κ2) is 4.90. The molecule has 78 valence electrons. The Labute approximate surface area is 86.0 Å². The van der Waals surface area contributed by atoms with E-state index in [0.717, 1.165) is 6.08 Å². The van der Waals surface area contributed by atoms with E-state index in [9.17, 15) is 9.70 Å². The van der Waals surface area contributed by atoms with Crippen LogP contribution in [0.4, 0.5) is 5.69 Å². The van der Waals surface area contributed by atoms with Crippen LogP contribution in [0.5, 0.6) is 5.75 Å². The van der Waals surface area contributed by atoms with Crippen molar-refractivity contribution in [3.05, 3.63) is 34.7 Å². The summed E-state index contributed by atoms with van der Waals surface area (Å²) in [6.07, 6.45) is 2.25. The molecule has 1 rings (SSSR count). The molecule has 1 aromatic carbocycles. The number of benzene rings is 1. The van der Waals surface area contributed by atoms with Crippen LogP contribution in [0.25, 0.3) is 6.08 Å². The van der Waals surface area contributed by atoms with Crippen LogP contribution in [0, 0.1) is 4.91 Å². The van der Waals surface area contributed by atoms with E-state index in [-0.39, 0.29) is 5.69 Å². The zero-order chi connectivity index (χ0) is 11.3. The number of carbonyl (C=O) groups is 1. The molecule has 15 heavy (non-hydrogen) atoms. The first-order valence-corrected chi connectivity index (χ1v) is 4.10. The number of rotatable bonds is 4. The number of carboxylic acid groups (broad SMARTS) is 1. The third-order valence-corrected chi connectivity index (χ3v) is 1.74. The summed E-state index contributed by atoms with van der Waals surface area (Å²) in [7, 11) is 1.47. The van der Waals surface area contributed by atoms with Crippen LogP contribution in [0.3, 0.4) is 0 Å². The molecule has 0 saturated heterocycles. The van der Waals surface area contributed by atoms with E-state index in [4.69, 9.17) is 9.84 Å². The average molecular weight is 207 g/mol. The van der Waals surface area contributed by atoms with Gasteiger partial charge < -0.3 is 9.84 Å². The minimum absolute atomic E-state index is 0.145. The topological polar surface area (TPSA) is 76.0 Å². The molecular weight excluding hydrogens is 198 g/mol. The van der Waals surface area contributed by atoms with Gasteiger partial charge in [0, 0.05) is 17.7 Å². The van der Waals surface area contributed by atoms with Crippen LogP contribution in [0.2, 0.25) is 0 Å². The summed E-state index contributed by atoms with van der Waals surface area (Å²) in [4.78, 5) is 20.7. The predicted octanol–water partition coefficient (Wildman–Crippen LogP) is 2.19. The fraction of sp³-hybridized carbons (Fsp3) is 0.100. The Balaban J connectivity index is 3.07. The van der Waals surface area contributed by atoms with E-state index in [1.54, 1.807) is 12.1 Å². The molecule has 0 spiro atoms. The molecule has 0 amide bonds. The molecule has 0 atom stereocenters. The summed E-state index contributed by atoms with van der Waals surface area (Å²) in [6.45, 7) is 0. The molecule has 0 fully saturated rings. The van der Waals surface area contributed by atoms with Crippen LogP contribution < -0.4 is 4.74 Å². The van der Waals surface area contributed by atoms with Gasteiger partial charge in [-0.15, -0.1) is 4.91 Å². The second-order valence-electron chi connectivity index (χ2n) is 2.69. The second-order valence-corrected chi connectivity index (χ2v) is 2.69. The lowest BCUT2D eigenvalue weighted by molar-refractivity contribution is -0.131. The maximum Gasteiger partial charge on any atom is 0.328 e. The normalized spacial score (nSPS) is 10.2. The molecule has 1 N–H and O–H groups in total. The Morgan fingerprint density at radius 2 is 2.27 bits per heavy atom. The highest BCUT2D eigenvalue weighted by atomic mass is 16.5. The maximum absolute atomic E-state index is 10.5. The lowest BCUT2D eigenvalue weighted by Crippen LogP contribution is -1.87. The quantitative estimate of drug-likeness (QED) is 0.606. The number of hydrogen-bond acceptors (Lipinski definition) is 4. The lowest BCUT2D eigenvalue weighted by Gasteiger charge is -2.01. The molecule has 0 aliphatic rings. The highest BCUT2D eigenvalue weighted by Crippen LogP contribution is 2.25. The smallest absolute Gasteiger partial charge is 0.328 e. The minimum atomic E-state index is -1.08.